The van der Waals surface area contributed by atoms with Crippen molar-refractivity contribution in [2.75, 3.05) is 7.05 Å². The summed E-state index contributed by atoms with van der Waals surface area (Å²) in [6.07, 6.45) is 0. The van der Waals surface area contributed by atoms with Gasteiger partial charge in [-0.05, 0) is 30.2 Å². The molecule has 1 aliphatic heterocycles. The van der Waals surface area contributed by atoms with E-state index in [1.54, 1.807) is 12.1 Å². The summed E-state index contributed by atoms with van der Waals surface area (Å²) >= 11 is 5.95. The second-order valence-electron chi connectivity index (χ2n) is 6.02. The van der Waals surface area contributed by atoms with Gasteiger partial charge in [-0.1, -0.05) is 54.1 Å². The van der Waals surface area contributed by atoms with Gasteiger partial charge in [0.05, 0.1) is 0 Å². The number of halogens is 1. The highest BCUT2D eigenvalue weighted by molar-refractivity contribution is 6.30. The largest absolute Gasteiger partial charge is 0.264 e. The lowest BCUT2D eigenvalue weighted by Crippen LogP contribution is -2.47. The van der Waals surface area contributed by atoms with Gasteiger partial charge in [0.15, 0.2) is 0 Å². The van der Waals surface area contributed by atoms with Gasteiger partial charge in [0.1, 0.15) is 11.6 Å². The molecule has 6 heteroatoms. The van der Waals surface area contributed by atoms with Crippen molar-refractivity contribution in [3.63, 3.8) is 0 Å². The number of nitrogens with zero attached hydrogens (tertiary/aromatic N) is 2. The molecule has 0 aliphatic carbocycles. The van der Waals surface area contributed by atoms with Crippen LogP contribution in [0.1, 0.15) is 24.1 Å². The fourth-order valence-corrected chi connectivity index (χ4v) is 3.57. The molecular weight excluding hydrogens is 314 g/mol. The van der Waals surface area contributed by atoms with Crippen molar-refractivity contribution in [1.82, 2.24) is 10.4 Å². The van der Waals surface area contributed by atoms with Crippen LogP contribution in [0.15, 0.2) is 54.6 Å². The van der Waals surface area contributed by atoms with Gasteiger partial charge in [-0.2, -0.15) is 0 Å². The number of nitrogens with one attached hydrogen (secondary N) is 1. The second kappa shape index (κ2) is 5.92. The average molecular weight is 332 g/mol. The summed E-state index contributed by atoms with van der Waals surface area (Å²) in [6.45, 7) is 1.86. The molecule has 5 nitrogen and oxygen atoms in total. The predicted molar refractivity (Wildman–Crippen MR) is 89.7 cm³/mol. The minimum atomic E-state index is -0.823. The van der Waals surface area contributed by atoms with E-state index in [9.17, 15) is 10.1 Å². The van der Waals surface area contributed by atoms with E-state index >= 15 is 0 Å². The zero-order valence-electron chi connectivity index (χ0n) is 12.9. The van der Waals surface area contributed by atoms with E-state index in [1.165, 1.54) is 0 Å². The molecule has 0 saturated carbocycles. The van der Waals surface area contributed by atoms with Crippen molar-refractivity contribution in [1.29, 1.82) is 0 Å². The molecule has 0 aromatic heterocycles. The van der Waals surface area contributed by atoms with E-state index in [4.69, 9.17) is 11.6 Å². The average Bonchev–Trinajstić information content (AvgIpc) is 2.80. The number of nitro groups is 1. The van der Waals surface area contributed by atoms with E-state index in [1.807, 2.05) is 61.4 Å². The van der Waals surface area contributed by atoms with Crippen LogP contribution in [0.5, 0.6) is 0 Å². The van der Waals surface area contributed by atoms with Gasteiger partial charge in [-0.3, -0.25) is 10.1 Å². The molecule has 23 heavy (non-hydrogen) atoms. The first-order valence-electron chi connectivity index (χ1n) is 7.38. The smallest absolute Gasteiger partial charge is 0.256 e. The van der Waals surface area contributed by atoms with Crippen molar-refractivity contribution in [2.24, 2.45) is 0 Å². The van der Waals surface area contributed by atoms with Gasteiger partial charge in [0, 0.05) is 17.0 Å². The number of hydrogen-bond acceptors (Lipinski definition) is 4. The predicted octanol–water partition coefficient (Wildman–Crippen LogP) is 3.39. The SMILES string of the molecule is CN1N[C@](C)(c2ccc(Cl)cc2)[C@H]([N+](=O)[O-])[C@H]1c1ccccc1. The lowest BCUT2D eigenvalue weighted by atomic mass is 9.81. The Morgan fingerprint density at radius 2 is 1.78 bits per heavy atom. The zero-order valence-corrected chi connectivity index (χ0v) is 13.7. The Balaban J connectivity index is 2.08. The summed E-state index contributed by atoms with van der Waals surface area (Å²) in [7, 11) is 1.84. The standard InChI is InChI=1S/C17H18ClN3O2/c1-17(13-8-10-14(18)11-9-13)16(21(22)23)15(20(2)19-17)12-6-4-3-5-7-12/h3-11,15-16,19H,1-2H3/t15-,16-,17-/m1/s1. The third kappa shape index (κ3) is 2.72. The first-order chi connectivity index (χ1) is 10.9. The molecule has 3 rings (SSSR count). The Hall–Kier alpha value is -1.95. The first-order valence-corrected chi connectivity index (χ1v) is 7.76. The molecule has 0 unspecified atom stereocenters. The highest BCUT2D eigenvalue weighted by Gasteiger charge is 2.57. The molecular formula is C17H18ClN3O2. The number of likely N-dealkylation sites (N-methyl/N-ethyl adjacent to an activating group) is 1. The fourth-order valence-electron chi connectivity index (χ4n) is 3.44. The fraction of sp³-hybridized carbons (Fsp3) is 0.294. The topological polar surface area (TPSA) is 58.4 Å². The van der Waals surface area contributed by atoms with Crippen molar-refractivity contribution in [3.05, 3.63) is 80.9 Å². The van der Waals surface area contributed by atoms with Crippen LogP contribution in [0.2, 0.25) is 5.02 Å². The highest BCUT2D eigenvalue weighted by atomic mass is 35.5. The van der Waals surface area contributed by atoms with E-state index in [2.05, 4.69) is 5.43 Å². The minimum absolute atomic E-state index is 0.192. The molecule has 0 bridgehead atoms. The molecule has 0 amide bonds. The molecule has 1 aliphatic rings. The highest BCUT2D eigenvalue weighted by Crippen LogP contribution is 2.42. The van der Waals surface area contributed by atoms with Crippen molar-refractivity contribution in [2.45, 2.75) is 24.5 Å². The van der Waals surface area contributed by atoms with Gasteiger partial charge in [-0.25, -0.2) is 10.4 Å². The molecule has 1 fully saturated rings. The van der Waals surface area contributed by atoms with Crippen molar-refractivity contribution < 1.29 is 4.92 Å². The number of benzene rings is 2. The summed E-state index contributed by atoms with van der Waals surface area (Å²) in [5.74, 6) is 0. The normalized spacial score (nSPS) is 28.0. The van der Waals surface area contributed by atoms with Crippen LogP contribution in [0.3, 0.4) is 0 Å². The van der Waals surface area contributed by atoms with E-state index < -0.39 is 11.6 Å². The van der Waals surface area contributed by atoms with Gasteiger partial charge in [0.2, 0.25) is 0 Å². The molecule has 120 valence electrons. The van der Waals surface area contributed by atoms with Crippen LogP contribution < -0.4 is 5.43 Å². The molecule has 1 N–H and O–H groups in total. The molecule has 3 atom stereocenters. The van der Waals surface area contributed by atoms with E-state index in [0.29, 0.717) is 5.02 Å². The van der Waals surface area contributed by atoms with Gasteiger partial charge >= 0.3 is 0 Å². The van der Waals surface area contributed by atoms with Gasteiger partial charge in [-0.15, -0.1) is 0 Å². The first kappa shape index (κ1) is 15.9. The molecule has 1 saturated heterocycles. The van der Waals surface area contributed by atoms with Crippen molar-refractivity contribution in [3.8, 4) is 0 Å². The number of hydrazine groups is 1. The zero-order chi connectivity index (χ0) is 16.6. The van der Waals surface area contributed by atoms with Crippen LogP contribution in [0.4, 0.5) is 0 Å². The van der Waals surface area contributed by atoms with Crippen LogP contribution in [-0.4, -0.2) is 23.0 Å². The summed E-state index contributed by atoms with van der Waals surface area (Å²) in [6, 6.07) is 15.6. The molecule has 1 heterocycles. The summed E-state index contributed by atoms with van der Waals surface area (Å²) < 4.78 is 0. The van der Waals surface area contributed by atoms with E-state index in [-0.39, 0.29) is 11.0 Å². The third-order valence-corrected chi connectivity index (χ3v) is 4.78. The summed E-state index contributed by atoms with van der Waals surface area (Å²) in [5, 5.41) is 14.3. The lowest BCUT2D eigenvalue weighted by Gasteiger charge is -2.27. The number of rotatable bonds is 3. The Kier molecular flexibility index (Phi) is 4.10. The Bertz CT molecular complexity index is 708. The monoisotopic (exact) mass is 331 g/mol. The second-order valence-corrected chi connectivity index (χ2v) is 6.45. The molecule has 2 aromatic rings. The van der Waals surface area contributed by atoms with Crippen molar-refractivity contribution >= 4 is 11.6 Å². The van der Waals surface area contributed by atoms with Gasteiger partial charge < -0.3 is 0 Å². The quantitative estimate of drug-likeness (QED) is 0.692. The van der Waals surface area contributed by atoms with E-state index in [0.717, 1.165) is 11.1 Å². The minimum Gasteiger partial charge on any atom is -0.264 e. The maximum atomic E-state index is 11.9. The van der Waals surface area contributed by atoms with Crippen LogP contribution >= 0.6 is 11.6 Å². The van der Waals surface area contributed by atoms with Crippen LogP contribution in [0.25, 0.3) is 0 Å². The maximum absolute atomic E-state index is 11.9. The lowest BCUT2D eigenvalue weighted by molar-refractivity contribution is -0.536. The summed E-state index contributed by atoms with van der Waals surface area (Å²) in [4.78, 5) is 11.7. The molecule has 2 aromatic carbocycles. The third-order valence-electron chi connectivity index (χ3n) is 4.53. The Labute approximate surface area is 140 Å². The number of hydrogen-bond donors (Lipinski definition) is 1. The van der Waals surface area contributed by atoms with Gasteiger partial charge in [0.25, 0.3) is 6.04 Å². The summed E-state index contributed by atoms with van der Waals surface area (Å²) in [5.41, 5.74) is 4.24. The Morgan fingerprint density at radius 1 is 1.17 bits per heavy atom. The Morgan fingerprint density at radius 3 is 2.35 bits per heavy atom. The van der Waals surface area contributed by atoms with Crippen LogP contribution in [-0.2, 0) is 5.54 Å². The van der Waals surface area contributed by atoms with Crippen LogP contribution in [0, 0.1) is 10.1 Å². The maximum Gasteiger partial charge on any atom is 0.256 e. The molecule has 0 radical (unpaired) electrons. The molecule has 0 spiro atoms.